The first-order valence-corrected chi connectivity index (χ1v) is 4.22. The van der Waals surface area contributed by atoms with E-state index in [1.165, 1.54) is 11.5 Å². The van der Waals surface area contributed by atoms with Gasteiger partial charge < -0.3 is 0 Å². The molecule has 0 spiro atoms. The van der Waals surface area contributed by atoms with Crippen molar-refractivity contribution in [2.45, 2.75) is 6.92 Å². The maximum Gasteiger partial charge on any atom is 0.164 e. The predicted octanol–water partition coefficient (Wildman–Crippen LogP) is 1.30. The second-order valence-corrected chi connectivity index (χ2v) is 3.01. The number of nitrogens with zero attached hydrogens (tertiary/aromatic N) is 4. The molecule has 2 rings (SSSR count). The summed E-state index contributed by atoms with van der Waals surface area (Å²) in [6, 6.07) is 3.70. The highest BCUT2D eigenvalue weighted by molar-refractivity contribution is 7.09. The largest absolute Gasteiger partial charge is 0.218 e. The van der Waals surface area contributed by atoms with E-state index in [0.717, 1.165) is 16.5 Å². The average Bonchev–Trinajstić information content (AvgIpc) is 2.54. The second-order valence-electron chi connectivity index (χ2n) is 2.26. The van der Waals surface area contributed by atoms with Gasteiger partial charge in [0.1, 0.15) is 11.5 Å². The van der Waals surface area contributed by atoms with Gasteiger partial charge >= 0.3 is 0 Å². The Morgan fingerprint density at radius 2 is 2.33 bits per heavy atom. The van der Waals surface area contributed by atoms with Crippen LogP contribution in [0.1, 0.15) is 5.82 Å². The Balaban J connectivity index is 2.45. The maximum absolute atomic E-state index is 4.19. The maximum atomic E-state index is 4.19. The Hall–Kier alpha value is -1.36. The van der Waals surface area contributed by atoms with Crippen LogP contribution in [0.3, 0.4) is 0 Å². The lowest BCUT2D eigenvalue weighted by Gasteiger charge is -1.88. The molecule has 0 aliphatic carbocycles. The van der Waals surface area contributed by atoms with Crippen molar-refractivity contribution in [2.24, 2.45) is 0 Å². The van der Waals surface area contributed by atoms with Gasteiger partial charge in [0.25, 0.3) is 0 Å². The molecule has 0 radical (unpaired) electrons. The minimum atomic E-state index is 0.778. The van der Waals surface area contributed by atoms with E-state index in [1.807, 2.05) is 19.1 Å². The molecule has 5 heteroatoms. The zero-order chi connectivity index (χ0) is 8.39. The van der Waals surface area contributed by atoms with Gasteiger partial charge in [0.2, 0.25) is 0 Å². The Bertz CT molecular complexity index is 370. The van der Waals surface area contributed by atoms with Gasteiger partial charge in [-0.15, -0.1) is 5.10 Å². The first-order chi connectivity index (χ1) is 5.86. The quantitative estimate of drug-likeness (QED) is 0.660. The third kappa shape index (κ3) is 1.31. The molecule has 4 nitrogen and oxygen atoms in total. The van der Waals surface area contributed by atoms with Crippen LogP contribution in [-0.2, 0) is 0 Å². The molecule has 0 unspecified atom stereocenters. The Morgan fingerprint density at radius 1 is 1.42 bits per heavy atom. The minimum absolute atomic E-state index is 0.778. The number of hydrogen-bond acceptors (Lipinski definition) is 5. The van der Waals surface area contributed by atoms with Crippen molar-refractivity contribution in [3.8, 4) is 10.7 Å². The van der Waals surface area contributed by atoms with Crippen LogP contribution in [0.5, 0.6) is 0 Å². The van der Waals surface area contributed by atoms with Crippen LogP contribution in [0.15, 0.2) is 18.3 Å². The number of rotatable bonds is 1. The first kappa shape index (κ1) is 7.30. The molecule has 60 valence electrons. The third-order valence-corrected chi connectivity index (χ3v) is 2.15. The van der Waals surface area contributed by atoms with Gasteiger partial charge in [0.15, 0.2) is 5.01 Å². The normalized spacial score (nSPS) is 10.1. The summed E-state index contributed by atoms with van der Waals surface area (Å²) in [4.78, 5) is 4.19. The van der Waals surface area contributed by atoms with Gasteiger partial charge in [-0.1, -0.05) is 0 Å². The second kappa shape index (κ2) is 2.94. The van der Waals surface area contributed by atoms with E-state index in [-0.39, 0.29) is 0 Å². The van der Waals surface area contributed by atoms with Gasteiger partial charge in [-0.3, -0.25) is 0 Å². The first-order valence-electron chi connectivity index (χ1n) is 3.44. The lowest BCUT2D eigenvalue weighted by Crippen LogP contribution is -1.84. The average molecular weight is 178 g/mol. The van der Waals surface area contributed by atoms with Crippen LogP contribution in [0.25, 0.3) is 10.7 Å². The molecule has 2 aromatic heterocycles. The van der Waals surface area contributed by atoms with Crippen LogP contribution in [-0.4, -0.2) is 19.6 Å². The SMILES string of the molecule is Cc1nsc(-c2cccnn2)n1. The molecule has 12 heavy (non-hydrogen) atoms. The van der Waals surface area contributed by atoms with E-state index in [9.17, 15) is 0 Å². The summed E-state index contributed by atoms with van der Waals surface area (Å²) in [5.41, 5.74) is 0.781. The van der Waals surface area contributed by atoms with Crippen molar-refractivity contribution in [2.75, 3.05) is 0 Å². The number of aryl methyl sites for hydroxylation is 1. The zero-order valence-electron chi connectivity index (χ0n) is 6.43. The minimum Gasteiger partial charge on any atom is -0.218 e. The van der Waals surface area contributed by atoms with Crippen molar-refractivity contribution in [1.82, 2.24) is 19.6 Å². The van der Waals surface area contributed by atoms with Gasteiger partial charge in [-0.2, -0.15) is 9.47 Å². The summed E-state index contributed by atoms with van der Waals surface area (Å²) in [6.45, 7) is 1.86. The van der Waals surface area contributed by atoms with Crippen LogP contribution < -0.4 is 0 Å². The standard InChI is InChI=1S/C7H6N4S/c1-5-9-7(12-11-5)6-3-2-4-8-10-6/h2-4H,1H3. The molecular weight excluding hydrogens is 172 g/mol. The summed E-state index contributed by atoms with van der Waals surface area (Å²) in [7, 11) is 0. The summed E-state index contributed by atoms with van der Waals surface area (Å²) in [5.74, 6) is 0.778. The van der Waals surface area contributed by atoms with E-state index < -0.39 is 0 Å². The third-order valence-electron chi connectivity index (χ3n) is 1.32. The molecule has 2 heterocycles. The van der Waals surface area contributed by atoms with Crippen molar-refractivity contribution >= 4 is 11.5 Å². The molecule has 0 saturated heterocycles. The molecule has 0 bridgehead atoms. The van der Waals surface area contributed by atoms with Crippen LogP contribution in [0.2, 0.25) is 0 Å². The van der Waals surface area contributed by atoms with Crippen LogP contribution in [0, 0.1) is 6.92 Å². The van der Waals surface area contributed by atoms with Crippen LogP contribution in [0.4, 0.5) is 0 Å². The van der Waals surface area contributed by atoms with Crippen molar-refractivity contribution in [3.05, 3.63) is 24.2 Å². The van der Waals surface area contributed by atoms with Crippen molar-refractivity contribution in [1.29, 1.82) is 0 Å². The van der Waals surface area contributed by atoms with Gasteiger partial charge in [-0.05, 0) is 30.6 Å². The molecule has 0 atom stereocenters. The van der Waals surface area contributed by atoms with E-state index in [1.54, 1.807) is 6.20 Å². The lowest BCUT2D eigenvalue weighted by atomic mass is 10.4. The molecule has 0 N–H and O–H groups in total. The molecule has 0 saturated carbocycles. The Labute approximate surface area is 73.5 Å². The Kier molecular flexibility index (Phi) is 1.79. The predicted molar refractivity (Wildman–Crippen MR) is 45.7 cm³/mol. The Morgan fingerprint density at radius 3 is 2.92 bits per heavy atom. The van der Waals surface area contributed by atoms with Crippen molar-refractivity contribution < 1.29 is 0 Å². The molecule has 0 aromatic carbocycles. The lowest BCUT2D eigenvalue weighted by molar-refractivity contribution is 1.03. The van der Waals surface area contributed by atoms with Gasteiger partial charge in [0, 0.05) is 6.20 Å². The summed E-state index contributed by atoms with van der Waals surface area (Å²) in [5, 5.41) is 8.50. The monoisotopic (exact) mass is 178 g/mol. The topological polar surface area (TPSA) is 51.6 Å². The molecule has 0 aliphatic heterocycles. The molecular formula is C7H6N4S. The highest BCUT2D eigenvalue weighted by Gasteiger charge is 2.03. The van der Waals surface area contributed by atoms with Gasteiger partial charge in [0.05, 0.1) is 0 Å². The van der Waals surface area contributed by atoms with Crippen molar-refractivity contribution in [3.63, 3.8) is 0 Å². The fourth-order valence-corrected chi connectivity index (χ4v) is 1.45. The highest BCUT2D eigenvalue weighted by atomic mass is 32.1. The van der Waals surface area contributed by atoms with E-state index >= 15 is 0 Å². The summed E-state index contributed by atoms with van der Waals surface area (Å²) in [6.07, 6.45) is 1.64. The molecule has 0 aliphatic rings. The smallest absolute Gasteiger partial charge is 0.164 e. The number of hydrogen-bond donors (Lipinski definition) is 0. The molecule has 0 fully saturated rings. The zero-order valence-corrected chi connectivity index (χ0v) is 7.25. The van der Waals surface area contributed by atoms with E-state index in [0.29, 0.717) is 0 Å². The van der Waals surface area contributed by atoms with E-state index in [4.69, 9.17) is 0 Å². The summed E-state index contributed by atoms with van der Waals surface area (Å²) >= 11 is 1.34. The van der Waals surface area contributed by atoms with Crippen LogP contribution >= 0.6 is 11.5 Å². The van der Waals surface area contributed by atoms with Gasteiger partial charge in [-0.25, -0.2) is 4.98 Å². The molecule has 0 amide bonds. The molecule has 2 aromatic rings. The summed E-state index contributed by atoms with van der Waals surface area (Å²) < 4.78 is 4.06. The highest BCUT2D eigenvalue weighted by Crippen LogP contribution is 2.16. The fraction of sp³-hybridized carbons (Fsp3) is 0.143. The number of aromatic nitrogens is 4. The fourth-order valence-electron chi connectivity index (χ4n) is 0.817. The van der Waals surface area contributed by atoms with E-state index in [2.05, 4.69) is 19.6 Å².